The molecule has 168 valence electrons. The Morgan fingerprint density at radius 2 is 1.61 bits per heavy atom. The van der Waals surface area contributed by atoms with E-state index in [4.69, 9.17) is 4.74 Å². The van der Waals surface area contributed by atoms with Crippen molar-refractivity contribution in [2.75, 3.05) is 13.2 Å². The number of aryl methyl sites for hydroxylation is 1. The minimum absolute atomic E-state index is 0.0557. The molecule has 0 bridgehead atoms. The van der Waals surface area contributed by atoms with E-state index in [-0.39, 0.29) is 23.8 Å². The molecule has 0 saturated carbocycles. The van der Waals surface area contributed by atoms with Crippen molar-refractivity contribution in [3.05, 3.63) is 65.2 Å². The molecule has 0 radical (unpaired) electrons. The van der Waals surface area contributed by atoms with Crippen molar-refractivity contribution in [2.24, 2.45) is 0 Å². The molecule has 1 N–H and O–H groups in total. The lowest BCUT2D eigenvalue weighted by Gasteiger charge is -2.30. The summed E-state index contributed by atoms with van der Waals surface area (Å²) in [5, 5.41) is 2.85. The van der Waals surface area contributed by atoms with Crippen LogP contribution in [0.25, 0.3) is 0 Å². The molecule has 5 nitrogen and oxygen atoms in total. The Balaban J connectivity index is 2.16. The molecule has 0 aromatic heterocycles. The number of rotatable bonds is 9. The van der Waals surface area contributed by atoms with Crippen LogP contribution in [0.2, 0.25) is 0 Å². The molecule has 2 aromatic rings. The van der Waals surface area contributed by atoms with Crippen molar-refractivity contribution in [1.29, 1.82) is 0 Å². The zero-order valence-electron chi connectivity index (χ0n) is 19.7. The van der Waals surface area contributed by atoms with E-state index in [1.807, 2.05) is 69.3 Å². The van der Waals surface area contributed by atoms with Gasteiger partial charge < -0.3 is 15.0 Å². The number of amides is 2. The van der Waals surface area contributed by atoms with Crippen molar-refractivity contribution in [2.45, 2.75) is 66.0 Å². The van der Waals surface area contributed by atoms with Gasteiger partial charge in [-0.3, -0.25) is 9.59 Å². The van der Waals surface area contributed by atoms with E-state index in [2.05, 4.69) is 26.1 Å². The van der Waals surface area contributed by atoms with Crippen LogP contribution in [-0.4, -0.2) is 35.9 Å². The maximum Gasteiger partial charge on any atom is 0.261 e. The molecule has 0 aliphatic carbocycles. The van der Waals surface area contributed by atoms with Gasteiger partial charge in [0.25, 0.3) is 5.91 Å². The lowest BCUT2D eigenvalue weighted by atomic mass is 9.87. The van der Waals surface area contributed by atoms with Gasteiger partial charge in [0.15, 0.2) is 6.61 Å². The zero-order chi connectivity index (χ0) is 23.0. The number of carbonyl (C=O) groups excluding carboxylic acids is 2. The summed E-state index contributed by atoms with van der Waals surface area (Å²) in [7, 11) is 0. The molecule has 0 aliphatic heterocycles. The average Bonchev–Trinajstić information content (AvgIpc) is 2.73. The quantitative estimate of drug-likeness (QED) is 0.639. The Labute approximate surface area is 186 Å². The van der Waals surface area contributed by atoms with Crippen molar-refractivity contribution in [1.82, 2.24) is 10.2 Å². The number of likely N-dealkylation sites (N-methyl/N-ethyl adjacent to an activating group) is 1. The lowest BCUT2D eigenvalue weighted by molar-refractivity contribution is -0.142. The van der Waals surface area contributed by atoms with Crippen LogP contribution in [0.5, 0.6) is 5.75 Å². The van der Waals surface area contributed by atoms with Crippen LogP contribution in [0.3, 0.4) is 0 Å². The summed E-state index contributed by atoms with van der Waals surface area (Å²) < 4.78 is 5.78. The van der Waals surface area contributed by atoms with Gasteiger partial charge >= 0.3 is 0 Å². The first-order chi connectivity index (χ1) is 14.7. The summed E-state index contributed by atoms with van der Waals surface area (Å²) in [6.07, 6.45) is 0.531. The number of ether oxygens (including phenoxy) is 1. The molecule has 0 fully saturated rings. The number of hydrogen-bond acceptors (Lipinski definition) is 3. The second kappa shape index (κ2) is 11.0. The maximum atomic E-state index is 13.1. The van der Waals surface area contributed by atoms with Crippen LogP contribution in [0.4, 0.5) is 0 Å². The van der Waals surface area contributed by atoms with E-state index < -0.39 is 6.04 Å². The summed E-state index contributed by atoms with van der Waals surface area (Å²) >= 11 is 0. The molecule has 2 aromatic carbocycles. The number of hydrogen-bond donors (Lipinski definition) is 1. The lowest BCUT2D eigenvalue weighted by Crippen LogP contribution is -2.50. The van der Waals surface area contributed by atoms with Gasteiger partial charge in [-0.25, -0.2) is 0 Å². The van der Waals surface area contributed by atoms with Crippen LogP contribution in [0, 0.1) is 6.92 Å². The average molecular weight is 425 g/mol. The first-order valence-corrected chi connectivity index (χ1v) is 11.0. The number of nitrogens with zero attached hydrogens (tertiary/aromatic N) is 1. The third-order valence-electron chi connectivity index (χ3n) is 5.29. The van der Waals surface area contributed by atoms with Gasteiger partial charge in [-0.2, -0.15) is 0 Å². The van der Waals surface area contributed by atoms with E-state index in [1.54, 1.807) is 4.90 Å². The molecule has 0 unspecified atom stereocenters. The van der Waals surface area contributed by atoms with Crippen LogP contribution < -0.4 is 10.1 Å². The Hall–Kier alpha value is -2.82. The highest BCUT2D eigenvalue weighted by Crippen LogP contribution is 2.24. The zero-order valence-corrected chi connectivity index (χ0v) is 19.7. The van der Waals surface area contributed by atoms with Crippen molar-refractivity contribution in [3.63, 3.8) is 0 Å². The summed E-state index contributed by atoms with van der Waals surface area (Å²) in [4.78, 5) is 27.4. The fourth-order valence-corrected chi connectivity index (χ4v) is 3.38. The summed E-state index contributed by atoms with van der Waals surface area (Å²) in [6, 6.07) is 15.3. The largest absolute Gasteiger partial charge is 0.484 e. The number of carbonyl (C=O) groups is 2. The highest BCUT2D eigenvalue weighted by atomic mass is 16.5. The molecule has 31 heavy (non-hydrogen) atoms. The fourth-order valence-electron chi connectivity index (χ4n) is 3.38. The summed E-state index contributed by atoms with van der Waals surface area (Å²) in [6.45, 7) is 13.1. The van der Waals surface area contributed by atoms with Gasteiger partial charge in [0, 0.05) is 13.1 Å². The number of nitrogens with one attached hydrogen (secondary N) is 1. The van der Waals surface area contributed by atoms with E-state index >= 15 is 0 Å². The molecule has 0 saturated heterocycles. The minimum Gasteiger partial charge on any atom is -0.484 e. The van der Waals surface area contributed by atoms with Gasteiger partial charge in [-0.1, -0.05) is 69.7 Å². The van der Waals surface area contributed by atoms with E-state index in [0.717, 1.165) is 11.1 Å². The Morgan fingerprint density at radius 1 is 1.00 bits per heavy atom. The van der Waals surface area contributed by atoms with Crippen LogP contribution in [0.1, 0.15) is 57.7 Å². The molecule has 5 heteroatoms. The first-order valence-electron chi connectivity index (χ1n) is 11.0. The van der Waals surface area contributed by atoms with Gasteiger partial charge in [-0.05, 0) is 48.9 Å². The normalized spacial score (nSPS) is 12.2. The SMILES string of the molecule is CCNC(=O)[C@H](CC)N(Cc1ccc(C)cc1)C(=O)COc1ccc(C(C)(C)C)cc1. The molecular formula is C26H36N2O3. The topological polar surface area (TPSA) is 58.6 Å². The minimum atomic E-state index is -0.541. The smallest absolute Gasteiger partial charge is 0.261 e. The third kappa shape index (κ3) is 7.12. The van der Waals surface area contributed by atoms with E-state index in [1.165, 1.54) is 5.56 Å². The highest BCUT2D eigenvalue weighted by molar-refractivity contribution is 5.88. The Bertz CT molecular complexity index is 852. The Morgan fingerprint density at radius 3 is 2.13 bits per heavy atom. The van der Waals surface area contributed by atoms with E-state index in [0.29, 0.717) is 25.3 Å². The van der Waals surface area contributed by atoms with Crippen LogP contribution >= 0.6 is 0 Å². The van der Waals surface area contributed by atoms with Crippen molar-refractivity contribution in [3.8, 4) is 5.75 Å². The van der Waals surface area contributed by atoms with E-state index in [9.17, 15) is 9.59 Å². The second-order valence-corrected chi connectivity index (χ2v) is 8.89. The fraction of sp³-hybridized carbons (Fsp3) is 0.462. The van der Waals surface area contributed by atoms with Crippen molar-refractivity contribution < 1.29 is 14.3 Å². The monoisotopic (exact) mass is 424 g/mol. The highest BCUT2D eigenvalue weighted by Gasteiger charge is 2.28. The predicted octanol–water partition coefficient (Wildman–Crippen LogP) is 4.61. The standard InChI is InChI=1S/C26H36N2O3/c1-7-23(25(30)27-8-2)28(17-20-11-9-19(3)10-12-20)24(29)18-31-22-15-13-21(14-16-22)26(4,5)6/h9-16,23H,7-8,17-18H2,1-6H3,(H,27,30)/t23-/m0/s1. The van der Waals surface area contributed by atoms with Crippen LogP contribution in [0.15, 0.2) is 48.5 Å². The Kier molecular flexibility index (Phi) is 8.66. The van der Waals surface area contributed by atoms with Gasteiger partial charge in [0.05, 0.1) is 0 Å². The van der Waals surface area contributed by atoms with Gasteiger partial charge in [-0.15, -0.1) is 0 Å². The molecule has 1 atom stereocenters. The van der Waals surface area contributed by atoms with Crippen molar-refractivity contribution >= 4 is 11.8 Å². The van der Waals surface area contributed by atoms with Crippen LogP contribution in [-0.2, 0) is 21.5 Å². The summed E-state index contributed by atoms with van der Waals surface area (Å²) in [5.74, 6) is 0.293. The maximum absolute atomic E-state index is 13.1. The summed E-state index contributed by atoms with van der Waals surface area (Å²) in [5.41, 5.74) is 3.39. The molecule has 0 aliphatic rings. The van der Waals surface area contributed by atoms with Gasteiger partial charge in [0.1, 0.15) is 11.8 Å². The molecule has 0 spiro atoms. The molecule has 2 amide bonds. The number of benzene rings is 2. The van der Waals surface area contributed by atoms with Gasteiger partial charge in [0.2, 0.25) is 5.91 Å². The first kappa shape index (κ1) is 24.4. The molecule has 0 heterocycles. The predicted molar refractivity (Wildman–Crippen MR) is 125 cm³/mol. The molecule has 2 rings (SSSR count). The third-order valence-corrected chi connectivity index (χ3v) is 5.29. The molecular weight excluding hydrogens is 388 g/mol. The second-order valence-electron chi connectivity index (χ2n) is 8.89.